The minimum absolute atomic E-state index is 0.0690. The largest absolute Gasteiger partial charge is 0.394 e. The van der Waals surface area contributed by atoms with Crippen LogP contribution in [0.15, 0.2) is 12.1 Å². The van der Waals surface area contributed by atoms with Gasteiger partial charge >= 0.3 is 11.8 Å². The SMILES string of the molecule is Cc1cc(C)c(NC(=O)C(=O)NCCOCCO)c(C)c1. The third-order valence-electron chi connectivity index (χ3n) is 2.89. The quantitative estimate of drug-likeness (QED) is 0.532. The van der Waals surface area contributed by atoms with Crippen molar-refractivity contribution in [2.24, 2.45) is 0 Å². The number of benzene rings is 1. The molecule has 0 radical (unpaired) electrons. The van der Waals surface area contributed by atoms with E-state index < -0.39 is 11.8 Å². The molecule has 0 heterocycles. The molecule has 21 heavy (non-hydrogen) atoms. The highest BCUT2D eigenvalue weighted by Crippen LogP contribution is 2.21. The smallest absolute Gasteiger partial charge is 0.313 e. The van der Waals surface area contributed by atoms with Gasteiger partial charge in [0.25, 0.3) is 0 Å². The Balaban J connectivity index is 2.51. The number of rotatable bonds is 6. The first-order chi connectivity index (χ1) is 9.95. The molecule has 0 fully saturated rings. The summed E-state index contributed by atoms with van der Waals surface area (Å²) in [6.07, 6.45) is 0. The van der Waals surface area contributed by atoms with Crippen molar-refractivity contribution < 1.29 is 19.4 Å². The molecule has 1 rings (SSSR count). The first-order valence-electron chi connectivity index (χ1n) is 6.81. The highest BCUT2D eigenvalue weighted by Gasteiger charge is 2.15. The lowest BCUT2D eigenvalue weighted by molar-refractivity contribution is -0.136. The van der Waals surface area contributed by atoms with E-state index in [0.717, 1.165) is 16.7 Å². The Labute approximate surface area is 124 Å². The van der Waals surface area contributed by atoms with Crippen LogP contribution in [0, 0.1) is 20.8 Å². The van der Waals surface area contributed by atoms with Gasteiger partial charge in [0.05, 0.1) is 19.8 Å². The van der Waals surface area contributed by atoms with E-state index in [1.165, 1.54) is 0 Å². The van der Waals surface area contributed by atoms with Crippen LogP contribution in [0.5, 0.6) is 0 Å². The molecule has 0 aliphatic carbocycles. The normalized spacial score (nSPS) is 10.3. The second-order valence-electron chi connectivity index (χ2n) is 4.82. The van der Waals surface area contributed by atoms with Gasteiger partial charge in [-0.25, -0.2) is 0 Å². The number of anilines is 1. The Morgan fingerprint density at radius 3 is 2.29 bits per heavy atom. The molecule has 0 saturated carbocycles. The lowest BCUT2D eigenvalue weighted by atomic mass is 10.1. The Bertz CT molecular complexity index is 491. The molecule has 1 aromatic carbocycles. The van der Waals surface area contributed by atoms with E-state index in [4.69, 9.17) is 9.84 Å². The van der Waals surface area contributed by atoms with Crippen molar-refractivity contribution in [3.63, 3.8) is 0 Å². The first kappa shape index (κ1) is 17.1. The van der Waals surface area contributed by atoms with Crippen molar-refractivity contribution in [2.75, 3.05) is 31.7 Å². The molecule has 0 spiro atoms. The maximum atomic E-state index is 11.8. The molecule has 6 nitrogen and oxygen atoms in total. The predicted octanol–water partition coefficient (Wildman–Crippen LogP) is 0.675. The molecule has 0 aromatic heterocycles. The van der Waals surface area contributed by atoms with Crippen molar-refractivity contribution in [3.8, 4) is 0 Å². The van der Waals surface area contributed by atoms with Crippen molar-refractivity contribution in [1.29, 1.82) is 0 Å². The van der Waals surface area contributed by atoms with Crippen LogP contribution in [0.2, 0.25) is 0 Å². The molecule has 1 aromatic rings. The number of hydrogen-bond donors (Lipinski definition) is 3. The molecular weight excluding hydrogens is 272 g/mol. The average Bonchev–Trinajstić information content (AvgIpc) is 2.42. The molecule has 0 bridgehead atoms. The van der Waals surface area contributed by atoms with Gasteiger partial charge in [0.15, 0.2) is 0 Å². The Morgan fingerprint density at radius 1 is 1.10 bits per heavy atom. The van der Waals surface area contributed by atoms with Crippen LogP contribution < -0.4 is 10.6 Å². The number of ether oxygens (including phenoxy) is 1. The minimum Gasteiger partial charge on any atom is -0.394 e. The average molecular weight is 294 g/mol. The van der Waals surface area contributed by atoms with Gasteiger partial charge in [-0.3, -0.25) is 9.59 Å². The summed E-state index contributed by atoms with van der Waals surface area (Å²) in [4.78, 5) is 23.5. The number of carbonyl (C=O) groups excluding carboxylic acids is 2. The van der Waals surface area contributed by atoms with E-state index in [-0.39, 0.29) is 26.4 Å². The molecule has 2 amide bonds. The highest BCUT2D eigenvalue weighted by atomic mass is 16.5. The van der Waals surface area contributed by atoms with Gasteiger partial charge in [-0.1, -0.05) is 17.7 Å². The van der Waals surface area contributed by atoms with Crippen LogP contribution in [-0.4, -0.2) is 43.3 Å². The number of amides is 2. The topological polar surface area (TPSA) is 87.7 Å². The fraction of sp³-hybridized carbons (Fsp3) is 0.467. The number of nitrogens with one attached hydrogen (secondary N) is 2. The van der Waals surface area contributed by atoms with Crippen LogP contribution >= 0.6 is 0 Å². The van der Waals surface area contributed by atoms with Crippen molar-refractivity contribution in [2.45, 2.75) is 20.8 Å². The third kappa shape index (κ3) is 5.53. The summed E-state index contributed by atoms with van der Waals surface area (Å²) >= 11 is 0. The molecule has 0 aliphatic rings. The predicted molar refractivity (Wildman–Crippen MR) is 80.2 cm³/mol. The zero-order valence-corrected chi connectivity index (χ0v) is 12.7. The lowest BCUT2D eigenvalue weighted by Crippen LogP contribution is -2.37. The second kappa shape index (κ2) is 8.39. The first-order valence-corrected chi connectivity index (χ1v) is 6.81. The zero-order chi connectivity index (χ0) is 15.8. The molecule has 0 saturated heterocycles. The highest BCUT2D eigenvalue weighted by molar-refractivity contribution is 6.39. The monoisotopic (exact) mass is 294 g/mol. The fourth-order valence-electron chi connectivity index (χ4n) is 2.03. The standard InChI is InChI=1S/C15H22N2O4/c1-10-8-11(2)13(12(3)9-10)17-15(20)14(19)16-4-6-21-7-5-18/h8-9,18H,4-7H2,1-3H3,(H,16,19)(H,17,20). The van der Waals surface area contributed by atoms with Crippen LogP contribution in [0.25, 0.3) is 0 Å². The summed E-state index contributed by atoms with van der Waals surface area (Å²) in [5.41, 5.74) is 3.60. The van der Waals surface area contributed by atoms with Crippen molar-refractivity contribution >= 4 is 17.5 Å². The number of aliphatic hydroxyl groups is 1. The molecule has 0 unspecified atom stereocenters. The van der Waals surface area contributed by atoms with Crippen LogP contribution in [0.4, 0.5) is 5.69 Å². The fourth-order valence-corrected chi connectivity index (χ4v) is 2.03. The summed E-state index contributed by atoms with van der Waals surface area (Å²) in [6, 6.07) is 3.90. The van der Waals surface area contributed by atoms with E-state index in [2.05, 4.69) is 10.6 Å². The number of aryl methyl sites for hydroxylation is 3. The van der Waals surface area contributed by atoms with Crippen molar-refractivity contribution in [1.82, 2.24) is 5.32 Å². The number of hydrogen-bond acceptors (Lipinski definition) is 4. The summed E-state index contributed by atoms with van der Waals surface area (Å²) < 4.78 is 4.99. The zero-order valence-electron chi connectivity index (χ0n) is 12.7. The Morgan fingerprint density at radius 2 is 1.71 bits per heavy atom. The maximum Gasteiger partial charge on any atom is 0.313 e. The summed E-state index contributed by atoms with van der Waals surface area (Å²) in [7, 11) is 0. The molecule has 116 valence electrons. The number of aliphatic hydroxyl groups excluding tert-OH is 1. The maximum absolute atomic E-state index is 11.8. The van der Waals surface area contributed by atoms with Gasteiger partial charge in [-0.2, -0.15) is 0 Å². The Hall–Kier alpha value is -1.92. The summed E-state index contributed by atoms with van der Waals surface area (Å²) in [6.45, 7) is 6.36. The van der Waals surface area contributed by atoms with Gasteiger partial charge in [0, 0.05) is 12.2 Å². The molecule has 0 aliphatic heterocycles. The van der Waals surface area contributed by atoms with Gasteiger partial charge < -0.3 is 20.5 Å². The van der Waals surface area contributed by atoms with E-state index >= 15 is 0 Å². The number of carbonyl (C=O) groups is 2. The van der Waals surface area contributed by atoms with Gasteiger partial charge in [0.1, 0.15) is 0 Å². The van der Waals surface area contributed by atoms with Gasteiger partial charge in [-0.05, 0) is 31.9 Å². The molecule has 6 heteroatoms. The van der Waals surface area contributed by atoms with E-state index in [0.29, 0.717) is 5.69 Å². The van der Waals surface area contributed by atoms with E-state index in [1.54, 1.807) is 0 Å². The summed E-state index contributed by atoms with van der Waals surface area (Å²) in [5.74, 6) is -1.41. The molecule has 0 atom stereocenters. The minimum atomic E-state index is -0.707. The van der Waals surface area contributed by atoms with E-state index in [1.807, 2.05) is 32.9 Å². The van der Waals surface area contributed by atoms with Gasteiger partial charge in [-0.15, -0.1) is 0 Å². The van der Waals surface area contributed by atoms with Crippen LogP contribution in [-0.2, 0) is 14.3 Å². The second-order valence-corrected chi connectivity index (χ2v) is 4.82. The van der Waals surface area contributed by atoms with Crippen LogP contribution in [0.1, 0.15) is 16.7 Å². The van der Waals surface area contributed by atoms with Crippen molar-refractivity contribution in [3.05, 3.63) is 28.8 Å². The molecule has 3 N–H and O–H groups in total. The van der Waals surface area contributed by atoms with Gasteiger partial charge in [0.2, 0.25) is 0 Å². The molecular formula is C15H22N2O4. The lowest BCUT2D eigenvalue weighted by Gasteiger charge is -2.12. The Kier molecular flexibility index (Phi) is 6.84. The van der Waals surface area contributed by atoms with E-state index in [9.17, 15) is 9.59 Å². The third-order valence-corrected chi connectivity index (χ3v) is 2.89. The van der Waals surface area contributed by atoms with Crippen LogP contribution in [0.3, 0.4) is 0 Å². The summed E-state index contributed by atoms with van der Waals surface area (Å²) in [5, 5.41) is 13.6.